The fourth-order valence-corrected chi connectivity index (χ4v) is 2.76. The number of phenolic OH excluding ortho intramolecular Hbond substituents is 1. The molecule has 1 heterocycles. The fraction of sp³-hybridized carbons (Fsp3) is 0.500. The van der Waals surface area contributed by atoms with Crippen LogP contribution in [0, 0.1) is 11.6 Å². The third-order valence-electron chi connectivity index (χ3n) is 3.28. The van der Waals surface area contributed by atoms with E-state index in [1.165, 1.54) is 0 Å². The average Bonchev–Trinajstić information content (AvgIpc) is 2.41. The van der Waals surface area contributed by atoms with Crippen molar-refractivity contribution in [2.24, 2.45) is 0 Å². The maximum Gasteiger partial charge on any atom is 0.408 e. The molecule has 2 rings (SSSR count). The average molecular weight is 375 g/mol. The van der Waals surface area contributed by atoms with Crippen LogP contribution >= 0.6 is 15.9 Å². The van der Waals surface area contributed by atoms with Gasteiger partial charge in [0, 0.05) is 26.2 Å². The van der Waals surface area contributed by atoms with Crippen molar-refractivity contribution in [1.29, 1.82) is 0 Å². The summed E-state index contributed by atoms with van der Waals surface area (Å²) in [6.45, 7) is 0.616. The minimum absolute atomic E-state index is 0.0111. The molecule has 0 aromatic heterocycles. The molecule has 1 aliphatic heterocycles. The Morgan fingerprint density at radius 3 is 2.33 bits per heavy atom. The maximum atomic E-state index is 13.9. The Bertz CT molecular complexity index is 505. The molecule has 3 nitrogen and oxygen atoms in total. The fourth-order valence-electron chi connectivity index (χ4n) is 2.35. The molecule has 1 fully saturated rings. The largest absolute Gasteiger partial charge is 0.506 e. The molecule has 1 aromatic carbocycles. The SMILES string of the molecule is Oc1c(Br)cc(F)c(F)c1[C@H](N1CCNCC1)C(F)(F)F. The summed E-state index contributed by atoms with van der Waals surface area (Å²) in [6, 6.07) is -1.80. The molecule has 0 radical (unpaired) electrons. The van der Waals surface area contributed by atoms with Crippen molar-refractivity contribution in [3.63, 3.8) is 0 Å². The van der Waals surface area contributed by atoms with Crippen LogP contribution in [0.25, 0.3) is 0 Å². The first-order valence-electron chi connectivity index (χ1n) is 6.11. The maximum absolute atomic E-state index is 13.9. The summed E-state index contributed by atoms with van der Waals surface area (Å²) in [7, 11) is 0. The van der Waals surface area contributed by atoms with Crippen LogP contribution < -0.4 is 5.32 Å². The molecule has 9 heteroatoms. The number of hydrogen-bond acceptors (Lipinski definition) is 3. The lowest BCUT2D eigenvalue weighted by molar-refractivity contribution is -0.189. The summed E-state index contributed by atoms with van der Waals surface area (Å²) in [5.41, 5.74) is -1.09. The molecule has 21 heavy (non-hydrogen) atoms. The second-order valence-electron chi connectivity index (χ2n) is 4.65. The number of nitrogens with one attached hydrogen (secondary N) is 1. The van der Waals surface area contributed by atoms with E-state index >= 15 is 0 Å². The van der Waals surface area contributed by atoms with Gasteiger partial charge in [-0.1, -0.05) is 0 Å². The lowest BCUT2D eigenvalue weighted by Crippen LogP contribution is -2.49. The molecular formula is C12H12BrF5N2O. The van der Waals surface area contributed by atoms with Crippen LogP contribution in [0.5, 0.6) is 5.75 Å². The van der Waals surface area contributed by atoms with Gasteiger partial charge in [0.25, 0.3) is 0 Å². The van der Waals surface area contributed by atoms with E-state index in [-0.39, 0.29) is 17.6 Å². The van der Waals surface area contributed by atoms with E-state index in [1.807, 2.05) is 0 Å². The number of benzene rings is 1. The first-order valence-corrected chi connectivity index (χ1v) is 6.90. The molecule has 2 N–H and O–H groups in total. The number of hydrogen-bond donors (Lipinski definition) is 2. The summed E-state index contributed by atoms with van der Waals surface area (Å²) >= 11 is 2.74. The summed E-state index contributed by atoms with van der Waals surface area (Å²) in [5, 5.41) is 12.6. The van der Waals surface area contributed by atoms with Crippen molar-refractivity contribution in [3.05, 3.63) is 27.7 Å². The molecule has 1 aliphatic rings. The van der Waals surface area contributed by atoms with Gasteiger partial charge in [-0.05, 0) is 22.0 Å². The van der Waals surface area contributed by atoms with Gasteiger partial charge in [-0.3, -0.25) is 4.90 Å². The van der Waals surface area contributed by atoms with E-state index in [9.17, 15) is 27.1 Å². The molecule has 1 aromatic rings. The Hall–Kier alpha value is -0.930. The van der Waals surface area contributed by atoms with Gasteiger partial charge < -0.3 is 10.4 Å². The third kappa shape index (κ3) is 3.29. The first-order chi connectivity index (χ1) is 9.73. The van der Waals surface area contributed by atoms with Crippen LogP contribution in [0.4, 0.5) is 22.0 Å². The molecule has 0 spiro atoms. The van der Waals surface area contributed by atoms with Gasteiger partial charge in [0.15, 0.2) is 11.6 Å². The van der Waals surface area contributed by atoms with Crippen LogP contribution in [0.15, 0.2) is 10.5 Å². The highest BCUT2D eigenvalue weighted by Crippen LogP contribution is 2.45. The van der Waals surface area contributed by atoms with Crippen molar-refractivity contribution >= 4 is 15.9 Å². The predicted molar refractivity (Wildman–Crippen MR) is 69.0 cm³/mol. The number of alkyl halides is 3. The Kier molecular flexibility index (Phi) is 4.74. The summed E-state index contributed by atoms with van der Waals surface area (Å²) in [4.78, 5) is 0.973. The second-order valence-corrected chi connectivity index (χ2v) is 5.50. The molecule has 0 bridgehead atoms. The van der Waals surface area contributed by atoms with Gasteiger partial charge in [0.05, 0.1) is 10.0 Å². The first kappa shape index (κ1) is 16.4. The highest BCUT2D eigenvalue weighted by atomic mass is 79.9. The van der Waals surface area contributed by atoms with E-state index < -0.39 is 35.2 Å². The molecule has 118 valence electrons. The normalized spacial score (nSPS) is 18.8. The minimum atomic E-state index is -4.84. The summed E-state index contributed by atoms with van der Waals surface area (Å²) < 4.78 is 67.0. The van der Waals surface area contributed by atoms with Crippen LogP contribution in [0.3, 0.4) is 0 Å². The van der Waals surface area contributed by atoms with Crippen molar-refractivity contribution in [2.75, 3.05) is 26.2 Å². The van der Waals surface area contributed by atoms with Gasteiger partial charge in [0.2, 0.25) is 0 Å². The van der Waals surface area contributed by atoms with Crippen molar-refractivity contribution < 1.29 is 27.1 Å². The van der Waals surface area contributed by atoms with Gasteiger partial charge >= 0.3 is 6.18 Å². The standard InChI is InChI=1S/C12H12BrF5N2O/c13-6-5-7(14)9(15)8(10(6)21)11(12(16,17)18)20-3-1-19-2-4-20/h5,11,19,21H,1-4H2/t11-/m0/s1. The van der Waals surface area contributed by atoms with Gasteiger partial charge in [-0.25, -0.2) is 8.78 Å². The van der Waals surface area contributed by atoms with Crippen molar-refractivity contribution in [3.8, 4) is 5.75 Å². The molecule has 1 atom stereocenters. The molecule has 0 saturated carbocycles. The lowest BCUT2D eigenvalue weighted by Gasteiger charge is -2.36. The van der Waals surface area contributed by atoms with Crippen LogP contribution in [0.1, 0.15) is 11.6 Å². The van der Waals surface area contributed by atoms with Crippen LogP contribution in [-0.4, -0.2) is 42.4 Å². The van der Waals surface area contributed by atoms with Gasteiger partial charge in [-0.2, -0.15) is 13.2 Å². The second kappa shape index (κ2) is 6.05. The molecule has 0 amide bonds. The number of aromatic hydroxyl groups is 1. The highest BCUT2D eigenvalue weighted by molar-refractivity contribution is 9.10. The summed E-state index contributed by atoms with van der Waals surface area (Å²) in [5.74, 6) is -4.06. The zero-order valence-electron chi connectivity index (χ0n) is 10.6. The van der Waals surface area contributed by atoms with Crippen LogP contribution in [0.2, 0.25) is 0 Å². The number of phenols is 1. The number of nitrogens with zero attached hydrogens (tertiary/aromatic N) is 1. The molecule has 0 aliphatic carbocycles. The Morgan fingerprint density at radius 1 is 1.24 bits per heavy atom. The van der Waals surface area contributed by atoms with E-state index in [0.717, 1.165) is 4.90 Å². The van der Waals surface area contributed by atoms with Gasteiger partial charge in [0.1, 0.15) is 11.8 Å². The van der Waals surface area contributed by atoms with E-state index in [4.69, 9.17) is 0 Å². The Labute approximate surface area is 125 Å². The zero-order valence-corrected chi connectivity index (χ0v) is 12.2. The zero-order chi connectivity index (χ0) is 15.8. The number of halogens is 6. The molecule has 1 saturated heterocycles. The quantitative estimate of drug-likeness (QED) is 0.617. The lowest BCUT2D eigenvalue weighted by atomic mass is 10.0. The van der Waals surface area contributed by atoms with Crippen molar-refractivity contribution in [1.82, 2.24) is 10.2 Å². The van der Waals surface area contributed by atoms with E-state index in [2.05, 4.69) is 21.2 Å². The smallest absolute Gasteiger partial charge is 0.408 e. The molecular weight excluding hydrogens is 363 g/mol. The monoisotopic (exact) mass is 374 g/mol. The Morgan fingerprint density at radius 2 is 1.81 bits per heavy atom. The topological polar surface area (TPSA) is 35.5 Å². The minimum Gasteiger partial charge on any atom is -0.506 e. The third-order valence-corrected chi connectivity index (χ3v) is 3.89. The summed E-state index contributed by atoms with van der Waals surface area (Å²) in [6.07, 6.45) is -4.84. The molecule has 0 unspecified atom stereocenters. The van der Waals surface area contributed by atoms with E-state index in [0.29, 0.717) is 19.2 Å². The number of piperazine rings is 1. The van der Waals surface area contributed by atoms with Crippen LogP contribution in [-0.2, 0) is 0 Å². The number of rotatable bonds is 2. The van der Waals surface area contributed by atoms with Gasteiger partial charge in [-0.15, -0.1) is 0 Å². The van der Waals surface area contributed by atoms with Crippen molar-refractivity contribution in [2.45, 2.75) is 12.2 Å². The highest BCUT2D eigenvalue weighted by Gasteiger charge is 2.48. The Balaban J connectivity index is 2.56. The predicted octanol–water partition coefficient (Wildman–Crippen LogP) is 2.94. The van der Waals surface area contributed by atoms with E-state index in [1.54, 1.807) is 0 Å².